The highest BCUT2D eigenvalue weighted by molar-refractivity contribution is 5.77. The van der Waals surface area contributed by atoms with Crippen LogP contribution in [0.4, 0.5) is 21.7 Å². The van der Waals surface area contributed by atoms with Crippen LogP contribution in [0.1, 0.15) is 50.1 Å². The molecule has 1 saturated carbocycles. The summed E-state index contributed by atoms with van der Waals surface area (Å²) in [4.78, 5) is 26.6. The predicted molar refractivity (Wildman–Crippen MR) is 143 cm³/mol. The number of halogens is 1. The SMILES string of the molecule is N#Cc1cc2cnc(Nc3ccc(N4CCC(N5CCOCC5)CC4)c(F)c3)nc2n(C2CCCC2)c1=O. The van der Waals surface area contributed by atoms with Gasteiger partial charge in [0.1, 0.15) is 23.1 Å². The van der Waals surface area contributed by atoms with E-state index in [9.17, 15) is 10.1 Å². The Morgan fingerprint density at radius 2 is 1.79 bits per heavy atom. The number of nitriles is 1. The molecule has 1 N–H and O–H groups in total. The molecule has 1 aliphatic carbocycles. The molecule has 0 spiro atoms. The molecule has 0 radical (unpaired) electrons. The molecule has 4 heterocycles. The average molecular weight is 518 g/mol. The number of rotatable bonds is 5. The Hall–Kier alpha value is -3.55. The number of aromatic nitrogens is 3. The van der Waals surface area contributed by atoms with Crippen LogP contribution in [0.3, 0.4) is 0 Å². The van der Waals surface area contributed by atoms with Crippen LogP contribution in [0.2, 0.25) is 0 Å². The predicted octanol–water partition coefficient (Wildman–Crippen LogP) is 3.96. The molecule has 10 heteroatoms. The van der Waals surface area contributed by atoms with E-state index in [0.717, 1.165) is 77.9 Å². The first-order valence-corrected chi connectivity index (χ1v) is 13.6. The van der Waals surface area contributed by atoms with Gasteiger partial charge in [0.2, 0.25) is 5.95 Å². The third-order valence-electron chi connectivity index (χ3n) is 8.15. The molecule has 0 bridgehead atoms. The van der Waals surface area contributed by atoms with Crippen molar-refractivity contribution < 1.29 is 9.13 Å². The van der Waals surface area contributed by atoms with Crippen LogP contribution in [0.15, 0.2) is 35.3 Å². The quantitative estimate of drug-likeness (QED) is 0.543. The Morgan fingerprint density at radius 3 is 2.50 bits per heavy atom. The van der Waals surface area contributed by atoms with Gasteiger partial charge in [0, 0.05) is 55.5 Å². The number of benzene rings is 1. The first-order valence-electron chi connectivity index (χ1n) is 13.6. The highest BCUT2D eigenvalue weighted by Gasteiger charge is 2.27. The maximum absolute atomic E-state index is 15.2. The number of piperidine rings is 1. The van der Waals surface area contributed by atoms with Crippen LogP contribution in [0, 0.1) is 17.1 Å². The fraction of sp³-hybridized carbons (Fsp3) is 0.500. The summed E-state index contributed by atoms with van der Waals surface area (Å²) in [7, 11) is 0. The molecule has 198 valence electrons. The highest BCUT2D eigenvalue weighted by Crippen LogP contribution is 2.31. The first-order chi connectivity index (χ1) is 18.6. The van der Waals surface area contributed by atoms with E-state index >= 15 is 4.39 Å². The van der Waals surface area contributed by atoms with Crippen molar-refractivity contribution in [2.45, 2.75) is 50.6 Å². The zero-order valence-electron chi connectivity index (χ0n) is 21.4. The molecule has 6 rings (SSSR count). The minimum atomic E-state index is -0.315. The number of ether oxygens (including phenoxy) is 1. The minimum Gasteiger partial charge on any atom is -0.379 e. The number of hydrogen-bond acceptors (Lipinski definition) is 8. The van der Waals surface area contributed by atoms with Crippen LogP contribution in [0.25, 0.3) is 11.0 Å². The normalized spacial score (nSPS) is 19.6. The van der Waals surface area contributed by atoms with Gasteiger partial charge in [-0.25, -0.2) is 9.37 Å². The summed E-state index contributed by atoms with van der Waals surface area (Å²) in [6.07, 6.45) is 7.49. The van der Waals surface area contributed by atoms with Gasteiger partial charge in [-0.2, -0.15) is 10.2 Å². The summed E-state index contributed by atoms with van der Waals surface area (Å²) in [5.41, 5.74) is 1.43. The third-order valence-corrected chi connectivity index (χ3v) is 8.15. The van der Waals surface area contributed by atoms with Gasteiger partial charge in [-0.15, -0.1) is 0 Å². The number of anilines is 3. The van der Waals surface area contributed by atoms with Crippen LogP contribution in [-0.2, 0) is 4.74 Å². The summed E-state index contributed by atoms with van der Waals surface area (Å²) in [6, 6.07) is 9.22. The summed E-state index contributed by atoms with van der Waals surface area (Å²) < 4.78 is 22.3. The van der Waals surface area contributed by atoms with Crippen molar-refractivity contribution in [3.63, 3.8) is 0 Å². The fourth-order valence-electron chi connectivity index (χ4n) is 6.15. The maximum Gasteiger partial charge on any atom is 0.270 e. The van der Waals surface area contributed by atoms with Crippen LogP contribution >= 0.6 is 0 Å². The lowest BCUT2D eigenvalue weighted by molar-refractivity contribution is 0.0115. The summed E-state index contributed by atoms with van der Waals surface area (Å²) in [5, 5.41) is 13.2. The molecular weight excluding hydrogens is 485 g/mol. The van der Waals surface area contributed by atoms with E-state index in [1.807, 2.05) is 12.1 Å². The fourth-order valence-corrected chi connectivity index (χ4v) is 6.15. The molecule has 0 unspecified atom stereocenters. The van der Waals surface area contributed by atoms with Gasteiger partial charge < -0.3 is 15.0 Å². The Bertz CT molecular complexity index is 1420. The summed E-state index contributed by atoms with van der Waals surface area (Å²) in [5.74, 6) is -0.00559. The zero-order chi connectivity index (χ0) is 26.1. The maximum atomic E-state index is 15.2. The molecule has 0 atom stereocenters. The molecule has 3 fully saturated rings. The van der Waals surface area contributed by atoms with Crippen LogP contribution in [-0.4, -0.2) is 64.9 Å². The largest absolute Gasteiger partial charge is 0.379 e. The van der Waals surface area contributed by atoms with Crippen molar-refractivity contribution >= 4 is 28.4 Å². The van der Waals surface area contributed by atoms with E-state index in [0.29, 0.717) is 28.5 Å². The molecular formula is C28H32FN7O2. The lowest BCUT2D eigenvalue weighted by atomic mass is 10.0. The molecule has 2 aromatic heterocycles. The van der Waals surface area contributed by atoms with E-state index in [2.05, 4.69) is 25.1 Å². The van der Waals surface area contributed by atoms with E-state index in [1.165, 1.54) is 6.07 Å². The van der Waals surface area contributed by atoms with Crippen molar-refractivity contribution in [1.82, 2.24) is 19.4 Å². The standard InChI is InChI=1S/C28H32FN7O2/c29-24-16-21(5-6-25(24)35-9-7-22(8-10-35)34-11-13-38-14-12-34)32-28-31-18-20-15-19(17-30)27(37)36(26(20)33-28)23-3-1-2-4-23/h5-6,15-16,18,22-23H,1-4,7-14H2,(H,31,32,33). The second-order valence-electron chi connectivity index (χ2n) is 10.4. The second-order valence-corrected chi connectivity index (χ2v) is 10.4. The molecule has 1 aromatic carbocycles. The van der Waals surface area contributed by atoms with E-state index in [-0.39, 0.29) is 28.9 Å². The van der Waals surface area contributed by atoms with Gasteiger partial charge in [0.05, 0.1) is 18.9 Å². The van der Waals surface area contributed by atoms with Crippen LogP contribution in [0.5, 0.6) is 0 Å². The molecule has 3 aliphatic rings. The van der Waals surface area contributed by atoms with Crippen LogP contribution < -0.4 is 15.8 Å². The number of hydrogen-bond donors (Lipinski definition) is 1. The molecule has 2 saturated heterocycles. The van der Waals surface area contributed by atoms with Crippen molar-refractivity contribution in [3.8, 4) is 6.07 Å². The summed E-state index contributed by atoms with van der Waals surface area (Å²) in [6.45, 7) is 5.19. The van der Waals surface area contributed by atoms with Crippen molar-refractivity contribution in [1.29, 1.82) is 5.26 Å². The second kappa shape index (κ2) is 10.7. The minimum absolute atomic E-state index is 0.0187. The van der Waals surface area contributed by atoms with Gasteiger partial charge in [0.25, 0.3) is 5.56 Å². The highest BCUT2D eigenvalue weighted by atomic mass is 19.1. The Morgan fingerprint density at radius 1 is 1.03 bits per heavy atom. The topological polar surface area (TPSA) is 99.3 Å². The van der Waals surface area contributed by atoms with E-state index < -0.39 is 0 Å². The Balaban J connectivity index is 1.20. The first kappa shape index (κ1) is 24.8. The van der Waals surface area contributed by atoms with E-state index in [1.54, 1.807) is 22.9 Å². The number of morpholine rings is 1. The van der Waals surface area contributed by atoms with Gasteiger partial charge in [-0.3, -0.25) is 14.3 Å². The van der Waals surface area contributed by atoms with Crippen molar-refractivity contribution in [2.24, 2.45) is 0 Å². The van der Waals surface area contributed by atoms with Gasteiger partial charge in [-0.05, 0) is 49.9 Å². The zero-order valence-corrected chi connectivity index (χ0v) is 21.4. The number of fused-ring (bicyclic) bond motifs is 1. The monoisotopic (exact) mass is 517 g/mol. The number of pyridine rings is 1. The molecule has 0 amide bonds. The van der Waals surface area contributed by atoms with Gasteiger partial charge >= 0.3 is 0 Å². The Kier molecular flexibility index (Phi) is 6.96. The molecule has 9 nitrogen and oxygen atoms in total. The molecule has 3 aromatic rings. The smallest absolute Gasteiger partial charge is 0.270 e. The lowest BCUT2D eigenvalue weighted by Crippen LogP contribution is -2.49. The third kappa shape index (κ3) is 4.84. The molecule has 38 heavy (non-hydrogen) atoms. The molecule has 2 aliphatic heterocycles. The van der Waals surface area contributed by atoms with Crippen molar-refractivity contribution in [3.05, 3.63) is 52.2 Å². The average Bonchev–Trinajstić information content (AvgIpc) is 3.48. The number of nitrogens with zero attached hydrogens (tertiary/aromatic N) is 6. The van der Waals surface area contributed by atoms with E-state index in [4.69, 9.17) is 4.74 Å². The lowest BCUT2D eigenvalue weighted by Gasteiger charge is -2.40. The van der Waals surface area contributed by atoms with Gasteiger partial charge in [0.15, 0.2) is 0 Å². The van der Waals surface area contributed by atoms with Gasteiger partial charge in [-0.1, -0.05) is 12.8 Å². The number of nitrogens with one attached hydrogen (secondary N) is 1. The summed E-state index contributed by atoms with van der Waals surface area (Å²) >= 11 is 0. The Labute approximate surface area is 220 Å². The van der Waals surface area contributed by atoms with Crippen molar-refractivity contribution in [2.75, 3.05) is 49.6 Å².